The van der Waals surface area contributed by atoms with Gasteiger partial charge in [-0.3, -0.25) is 4.79 Å². The summed E-state index contributed by atoms with van der Waals surface area (Å²) in [5.74, 6) is 3.14. The Labute approximate surface area is 171 Å². The molecule has 3 rings (SSSR count). The minimum Gasteiger partial charge on any atom is -0.492 e. The molecule has 0 bridgehead atoms. The number of anilines is 2. The molecule has 0 aliphatic carbocycles. The number of carbonyl (C=O) groups is 1. The van der Waals surface area contributed by atoms with Crippen molar-refractivity contribution in [2.24, 2.45) is 11.8 Å². The fraction of sp³-hybridized carbons (Fsp3) is 0.476. The molecule has 28 heavy (non-hydrogen) atoms. The van der Waals surface area contributed by atoms with E-state index in [4.69, 9.17) is 4.74 Å². The molecule has 1 fully saturated rings. The SMILES string of the molecule is CCOc1ccccc1NC(=O)CSc1cc(N2CC(C)CC(C)C2)ncn1. The number of carbonyl (C=O) groups excluding carboxylic acids is 1. The van der Waals surface area contributed by atoms with Gasteiger partial charge in [-0.05, 0) is 37.3 Å². The molecule has 7 heteroatoms. The second kappa shape index (κ2) is 9.78. The summed E-state index contributed by atoms with van der Waals surface area (Å²) in [7, 11) is 0. The quantitative estimate of drug-likeness (QED) is 0.558. The Morgan fingerprint density at radius 1 is 1.25 bits per heavy atom. The highest BCUT2D eigenvalue weighted by molar-refractivity contribution is 7.99. The van der Waals surface area contributed by atoms with Crippen LogP contribution in [-0.4, -0.2) is 41.3 Å². The molecule has 1 aliphatic heterocycles. The first-order valence-electron chi connectivity index (χ1n) is 9.76. The number of nitrogens with zero attached hydrogens (tertiary/aromatic N) is 3. The summed E-state index contributed by atoms with van der Waals surface area (Å²) in [4.78, 5) is 23.5. The monoisotopic (exact) mass is 400 g/mol. The average molecular weight is 401 g/mol. The lowest BCUT2D eigenvalue weighted by atomic mass is 9.92. The summed E-state index contributed by atoms with van der Waals surface area (Å²) in [6.45, 7) is 9.07. The molecule has 0 saturated carbocycles. The zero-order valence-corrected chi connectivity index (χ0v) is 17.5. The van der Waals surface area contributed by atoms with Crippen LogP contribution in [0.4, 0.5) is 11.5 Å². The van der Waals surface area contributed by atoms with Crippen molar-refractivity contribution in [2.75, 3.05) is 35.7 Å². The van der Waals surface area contributed by atoms with E-state index in [1.807, 2.05) is 37.3 Å². The lowest BCUT2D eigenvalue weighted by Gasteiger charge is -2.35. The van der Waals surface area contributed by atoms with Crippen LogP contribution in [0.3, 0.4) is 0 Å². The maximum absolute atomic E-state index is 12.4. The lowest BCUT2D eigenvalue weighted by molar-refractivity contribution is -0.113. The van der Waals surface area contributed by atoms with Crippen molar-refractivity contribution in [3.63, 3.8) is 0 Å². The van der Waals surface area contributed by atoms with Crippen LogP contribution in [0.2, 0.25) is 0 Å². The number of hydrogen-bond acceptors (Lipinski definition) is 6. The van der Waals surface area contributed by atoms with Crippen molar-refractivity contribution in [2.45, 2.75) is 32.2 Å². The molecule has 2 unspecified atom stereocenters. The highest BCUT2D eigenvalue weighted by Gasteiger charge is 2.23. The van der Waals surface area contributed by atoms with Gasteiger partial charge < -0.3 is 15.0 Å². The largest absolute Gasteiger partial charge is 0.492 e. The van der Waals surface area contributed by atoms with Gasteiger partial charge in [-0.15, -0.1) is 0 Å². The maximum Gasteiger partial charge on any atom is 0.234 e. The van der Waals surface area contributed by atoms with Crippen LogP contribution in [-0.2, 0) is 4.79 Å². The molecule has 2 atom stereocenters. The summed E-state index contributed by atoms with van der Waals surface area (Å²) < 4.78 is 5.55. The van der Waals surface area contributed by atoms with Crippen LogP contribution >= 0.6 is 11.8 Å². The molecule has 1 aromatic heterocycles. The molecule has 1 amide bonds. The van der Waals surface area contributed by atoms with E-state index in [9.17, 15) is 4.79 Å². The maximum atomic E-state index is 12.4. The van der Waals surface area contributed by atoms with Gasteiger partial charge in [0.2, 0.25) is 5.91 Å². The third kappa shape index (κ3) is 5.61. The zero-order valence-electron chi connectivity index (χ0n) is 16.7. The fourth-order valence-electron chi connectivity index (χ4n) is 3.61. The minimum atomic E-state index is -0.0856. The summed E-state index contributed by atoms with van der Waals surface area (Å²) in [5, 5.41) is 3.73. The lowest BCUT2D eigenvalue weighted by Crippen LogP contribution is -2.39. The highest BCUT2D eigenvalue weighted by atomic mass is 32.2. The van der Waals surface area contributed by atoms with Crippen molar-refractivity contribution < 1.29 is 9.53 Å². The first kappa shape index (κ1) is 20.5. The highest BCUT2D eigenvalue weighted by Crippen LogP contribution is 2.27. The van der Waals surface area contributed by atoms with Gasteiger partial charge in [0, 0.05) is 19.2 Å². The second-order valence-electron chi connectivity index (χ2n) is 7.33. The van der Waals surface area contributed by atoms with Crippen molar-refractivity contribution >= 4 is 29.2 Å². The average Bonchev–Trinajstić information content (AvgIpc) is 2.68. The Bertz CT molecular complexity index is 791. The summed E-state index contributed by atoms with van der Waals surface area (Å²) in [6, 6.07) is 9.44. The van der Waals surface area contributed by atoms with Crippen molar-refractivity contribution in [1.82, 2.24) is 9.97 Å². The Kier molecular flexibility index (Phi) is 7.14. The first-order chi connectivity index (χ1) is 13.5. The molecule has 150 valence electrons. The van der Waals surface area contributed by atoms with Crippen LogP contribution in [0.15, 0.2) is 41.7 Å². The van der Waals surface area contributed by atoms with E-state index in [-0.39, 0.29) is 11.7 Å². The predicted octanol–water partition coefficient (Wildman–Crippen LogP) is 4.09. The van der Waals surface area contributed by atoms with E-state index < -0.39 is 0 Å². The fourth-order valence-corrected chi connectivity index (χ4v) is 4.27. The Morgan fingerprint density at radius 3 is 2.75 bits per heavy atom. The van der Waals surface area contributed by atoms with Gasteiger partial charge in [0.15, 0.2) is 0 Å². The molecule has 0 spiro atoms. The molecule has 1 saturated heterocycles. The number of thioether (sulfide) groups is 1. The van der Waals surface area contributed by atoms with E-state index in [1.54, 1.807) is 6.33 Å². The number of amides is 1. The van der Waals surface area contributed by atoms with Gasteiger partial charge in [-0.25, -0.2) is 9.97 Å². The molecular formula is C21H28N4O2S. The number of aromatic nitrogens is 2. The Hall–Kier alpha value is -2.28. The van der Waals surface area contributed by atoms with Crippen LogP contribution < -0.4 is 15.0 Å². The molecular weight excluding hydrogens is 372 g/mol. The van der Waals surface area contributed by atoms with Crippen LogP contribution in [0, 0.1) is 11.8 Å². The van der Waals surface area contributed by atoms with Crippen molar-refractivity contribution in [3.8, 4) is 5.75 Å². The van der Waals surface area contributed by atoms with Gasteiger partial charge in [0.1, 0.15) is 22.9 Å². The van der Waals surface area contributed by atoms with E-state index in [2.05, 4.69) is 34.0 Å². The zero-order chi connectivity index (χ0) is 19.9. The number of para-hydroxylation sites is 2. The number of benzene rings is 1. The number of rotatable bonds is 7. The second-order valence-corrected chi connectivity index (χ2v) is 8.33. The van der Waals surface area contributed by atoms with Gasteiger partial charge in [0.05, 0.1) is 18.0 Å². The Morgan fingerprint density at radius 2 is 2.00 bits per heavy atom. The molecule has 1 aliphatic rings. The first-order valence-corrected chi connectivity index (χ1v) is 10.7. The Balaban J connectivity index is 1.58. The third-order valence-electron chi connectivity index (χ3n) is 4.63. The van der Waals surface area contributed by atoms with Crippen LogP contribution in [0.1, 0.15) is 27.2 Å². The molecule has 0 radical (unpaired) electrons. The normalized spacial score (nSPS) is 19.3. The smallest absolute Gasteiger partial charge is 0.234 e. The summed E-state index contributed by atoms with van der Waals surface area (Å²) in [6.07, 6.45) is 2.84. The van der Waals surface area contributed by atoms with E-state index in [1.165, 1.54) is 18.2 Å². The van der Waals surface area contributed by atoms with Crippen molar-refractivity contribution in [1.29, 1.82) is 0 Å². The summed E-state index contributed by atoms with van der Waals surface area (Å²) in [5.41, 5.74) is 0.689. The van der Waals surface area contributed by atoms with Gasteiger partial charge >= 0.3 is 0 Å². The van der Waals surface area contributed by atoms with Crippen molar-refractivity contribution in [3.05, 3.63) is 36.7 Å². The van der Waals surface area contributed by atoms with E-state index in [0.29, 0.717) is 29.9 Å². The van der Waals surface area contributed by atoms with Gasteiger partial charge in [0.25, 0.3) is 0 Å². The number of nitrogens with one attached hydrogen (secondary N) is 1. The number of hydrogen-bond donors (Lipinski definition) is 1. The molecule has 2 heterocycles. The number of ether oxygens (including phenoxy) is 1. The van der Waals surface area contributed by atoms with Crippen LogP contribution in [0.5, 0.6) is 5.75 Å². The summed E-state index contributed by atoms with van der Waals surface area (Å²) >= 11 is 1.42. The minimum absolute atomic E-state index is 0.0856. The third-order valence-corrected chi connectivity index (χ3v) is 5.56. The number of piperidine rings is 1. The molecule has 1 aromatic carbocycles. The molecule has 6 nitrogen and oxygen atoms in total. The van der Waals surface area contributed by atoms with Gasteiger partial charge in [-0.2, -0.15) is 0 Å². The standard InChI is InChI=1S/C21H28N4O2S/c1-4-27-18-8-6-5-7-17(18)24-20(26)13-28-21-10-19(22-14-23-21)25-11-15(2)9-16(3)12-25/h5-8,10,14-16H,4,9,11-13H2,1-3H3,(H,24,26). The van der Waals surface area contributed by atoms with E-state index in [0.717, 1.165) is 23.9 Å². The molecule has 2 aromatic rings. The van der Waals surface area contributed by atoms with E-state index >= 15 is 0 Å². The predicted molar refractivity (Wildman–Crippen MR) is 114 cm³/mol. The molecule has 1 N–H and O–H groups in total. The van der Waals surface area contributed by atoms with Gasteiger partial charge in [-0.1, -0.05) is 37.7 Å². The topological polar surface area (TPSA) is 67.3 Å². The van der Waals surface area contributed by atoms with Crippen LogP contribution in [0.25, 0.3) is 0 Å².